The Morgan fingerprint density at radius 1 is 1.61 bits per heavy atom. The maximum absolute atomic E-state index is 4.39. The van der Waals surface area contributed by atoms with Gasteiger partial charge in [-0.1, -0.05) is 6.08 Å². The number of aromatic nitrogens is 2. The van der Waals surface area contributed by atoms with E-state index in [0.29, 0.717) is 6.04 Å². The van der Waals surface area contributed by atoms with Crippen LogP contribution in [-0.2, 0) is 0 Å². The van der Waals surface area contributed by atoms with Crippen LogP contribution in [0.2, 0.25) is 0 Å². The zero-order valence-electron chi connectivity index (χ0n) is 11.2. The molecule has 0 radical (unpaired) electrons. The van der Waals surface area contributed by atoms with Crippen LogP contribution in [-0.4, -0.2) is 47.1 Å². The molecule has 2 unspecified atom stereocenters. The minimum absolute atomic E-state index is 0.271. The average Bonchev–Trinajstić information content (AvgIpc) is 2.89. The van der Waals surface area contributed by atoms with Gasteiger partial charge in [-0.05, 0) is 19.9 Å². The van der Waals surface area contributed by atoms with Crippen LogP contribution in [0.1, 0.15) is 25.5 Å². The lowest BCUT2D eigenvalue weighted by Gasteiger charge is -2.41. The van der Waals surface area contributed by atoms with Gasteiger partial charge in [-0.2, -0.15) is 5.10 Å². The second-order valence-electron chi connectivity index (χ2n) is 4.49. The smallest absolute Gasteiger partial charge is 0.123 e. The first-order valence-electron chi connectivity index (χ1n) is 6.36. The highest BCUT2D eigenvalue weighted by Gasteiger charge is 2.31. The molecule has 0 aromatic carbocycles. The fourth-order valence-electron chi connectivity index (χ4n) is 2.53. The number of amidine groups is 1. The molecule has 1 saturated heterocycles. The molecule has 0 amide bonds. The maximum atomic E-state index is 4.39. The molecule has 1 aliphatic heterocycles. The quantitative estimate of drug-likeness (QED) is 0.612. The Bertz CT molecular complexity index is 421. The van der Waals surface area contributed by atoms with Gasteiger partial charge in [-0.3, -0.25) is 10.1 Å². The molecule has 5 nitrogen and oxygen atoms in total. The molecule has 2 rings (SSSR count). The van der Waals surface area contributed by atoms with Gasteiger partial charge in [0, 0.05) is 37.9 Å². The number of rotatable bonds is 2. The molecule has 1 aromatic rings. The van der Waals surface area contributed by atoms with E-state index >= 15 is 0 Å². The van der Waals surface area contributed by atoms with Crippen molar-refractivity contribution < 1.29 is 0 Å². The van der Waals surface area contributed by atoms with Gasteiger partial charge in [0.1, 0.15) is 5.84 Å². The Hall–Kier alpha value is -1.62. The molecule has 2 atom stereocenters. The van der Waals surface area contributed by atoms with Crippen molar-refractivity contribution in [2.24, 2.45) is 4.99 Å². The molecule has 0 saturated carbocycles. The topological polar surface area (TPSA) is 56.3 Å². The molecule has 1 aliphatic rings. The first-order valence-corrected chi connectivity index (χ1v) is 6.36. The summed E-state index contributed by atoms with van der Waals surface area (Å²) in [5, 5.41) is 10.5. The van der Waals surface area contributed by atoms with Crippen LogP contribution < -0.4 is 5.32 Å². The van der Waals surface area contributed by atoms with Crippen LogP contribution in [0.15, 0.2) is 29.5 Å². The number of nitrogens with one attached hydrogen (secondary N) is 2. The molecule has 0 bridgehead atoms. The van der Waals surface area contributed by atoms with Gasteiger partial charge in [0.15, 0.2) is 0 Å². The van der Waals surface area contributed by atoms with E-state index in [1.807, 2.05) is 32.4 Å². The number of allylic oxidation sites excluding steroid dienone is 1. The average molecular weight is 247 g/mol. The lowest BCUT2D eigenvalue weighted by Crippen LogP contribution is -2.53. The Morgan fingerprint density at radius 3 is 3.06 bits per heavy atom. The van der Waals surface area contributed by atoms with Crippen molar-refractivity contribution in [2.45, 2.75) is 25.9 Å². The summed E-state index contributed by atoms with van der Waals surface area (Å²) in [6.45, 7) is 6.15. The summed E-state index contributed by atoms with van der Waals surface area (Å²) in [4.78, 5) is 6.73. The van der Waals surface area contributed by atoms with Gasteiger partial charge in [0.2, 0.25) is 0 Å². The predicted molar refractivity (Wildman–Crippen MR) is 73.7 cm³/mol. The summed E-state index contributed by atoms with van der Waals surface area (Å²) in [5.74, 6) is 1.03. The van der Waals surface area contributed by atoms with Gasteiger partial charge < -0.3 is 10.2 Å². The summed E-state index contributed by atoms with van der Waals surface area (Å²) in [7, 11) is 1.84. The van der Waals surface area contributed by atoms with Crippen LogP contribution in [0.3, 0.4) is 0 Å². The van der Waals surface area contributed by atoms with E-state index in [9.17, 15) is 0 Å². The number of hydrogen-bond acceptors (Lipinski definition) is 3. The summed E-state index contributed by atoms with van der Waals surface area (Å²) >= 11 is 0. The third-order valence-corrected chi connectivity index (χ3v) is 3.33. The summed E-state index contributed by atoms with van der Waals surface area (Å²) in [5.41, 5.74) is 1.19. The van der Waals surface area contributed by atoms with Crippen LogP contribution >= 0.6 is 0 Å². The number of H-pyrrole nitrogens is 1. The third kappa shape index (κ3) is 2.46. The third-order valence-electron chi connectivity index (χ3n) is 3.33. The van der Waals surface area contributed by atoms with E-state index in [-0.39, 0.29) is 6.04 Å². The van der Waals surface area contributed by atoms with E-state index in [1.54, 1.807) is 0 Å². The van der Waals surface area contributed by atoms with Gasteiger partial charge in [0.25, 0.3) is 0 Å². The Labute approximate surface area is 108 Å². The number of aliphatic imine (C=N–C) groups is 1. The minimum Gasteiger partial charge on any atom is -0.347 e. The van der Waals surface area contributed by atoms with Gasteiger partial charge >= 0.3 is 0 Å². The predicted octanol–water partition coefficient (Wildman–Crippen LogP) is 1.35. The zero-order chi connectivity index (χ0) is 13.0. The SMILES string of the molecule is C/C=C\C(=NC)N1CCNC(C)C1c1cn[nH]c1. The van der Waals surface area contributed by atoms with Crippen molar-refractivity contribution in [3.05, 3.63) is 30.1 Å². The Balaban J connectivity index is 2.31. The molecular formula is C13H21N5. The molecule has 98 valence electrons. The monoisotopic (exact) mass is 247 g/mol. The molecule has 1 aromatic heterocycles. The number of hydrogen-bond donors (Lipinski definition) is 2. The van der Waals surface area contributed by atoms with Crippen molar-refractivity contribution in [1.82, 2.24) is 20.4 Å². The first kappa shape index (κ1) is 12.8. The minimum atomic E-state index is 0.271. The highest BCUT2D eigenvalue weighted by Crippen LogP contribution is 2.26. The van der Waals surface area contributed by atoms with Crippen molar-refractivity contribution in [3.8, 4) is 0 Å². The summed E-state index contributed by atoms with van der Waals surface area (Å²) < 4.78 is 0. The fraction of sp³-hybridized carbons (Fsp3) is 0.538. The molecular weight excluding hydrogens is 226 g/mol. The zero-order valence-corrected chi connectivity index (χ0v) is 11.2. The molecule has 2 heterocycles. The second kappa shape index (κ2) is 5.82. The van der Waals surface area contributed by atoms with E-state index < -0.39 is 0 Å². The van der Waals surface area contributed by atoms with Crippen LogP contribution in [0.25, 0.3) is 0 Å². The number of aromatic amines is 1. The van der Waals surface area contributed by atoms with Crippen molar-refractivity contribution in [1.29, 1.82) is 0 Å². The summed E-state index contributed by atoms with van der Waals surface area (Å²) in [6, 6.07) is 0.644. The Kier molecular flexibility index (Phi) is 4.15. The number of piperazine rings is 1. The van der Waals surface area contributed by atoms with Crippen molar-refractivity contribution in [2.75, 3.05) is 20.1 Å². The number of nitrogens with zero attached hydrogens (tertiary/aromatic N) is 3. The van der Waals surface area contributed by atoms with Crippen LogP contribution in [0.5, 0.6) is 0 Å². The van der Waals surface area contributed by atoms with E-state index in [0.717, 1.165) is 18.9 Å². The Morgan fingerprint density at radius 2 is 2.44 bits per heavy atom. The van der Waals surface area contributed by atoms with Crippen molar-refractivity contribution in [3.63, 3.8) is 0 Å². The second-order valence-corrected chi connectivity index (χ2v) is 4.49. The molecule has 0 spiro atoms. The van der Waals surface area contributed by atoms with E-state index in [4.69, 9.17) is 0 Å². The highest BCUT2D eigenvalue weighted by molar-refractivity contribution is 5.93. The normalized spacial score (nSPS) is 25.9. The maximum Gasteiger partial charge on any atom is 0.123 e. The summed E-state index contributed by atoms with van der Waals surface area (Å²) in [6.07, 6.45) is 7.95. The molecule has 0 aliphatic carbocycles. The van der Waals surface area contributed by atoms with Crippen LogP contribution in [0, 0.1) is 0 Å². The first-order chi connectivity index (χ1) is 8.77. The van der Waals surface area contributed by atoms with Crippen LogP contribution in [0.4, 0.5) is 0 Å². The fourth-order valence-corrected chi connectivity index (χ4v) is 2.53. The van der Waals surface area contributed by atoms with E-state index in [1.165, 1.54) is 5.56 Å². The van der Waals surface area contributed by atoms with Crippen molar-refractivity contribution >= 4 is 5.84 Å². The van der Waals surface area contributed by atoms with E-state index in [2.05, 4.69) is 38.4 Å². The lowest BCUT2D eigenvalue weighted by molar-refractivity contribution is 0.210. The largest absolute Gasteiger partial charge is 0.347 e. The van der Waals surface area contributed by atoms with Gasteiger partial charge in [0.05, 0.1) is 12.2 Å². The standard InChI is InChI=1S/C13H21N5/c1-4-5-12(14-3)18-7-6-15-10(2)13(18)11-8-16-17-9-11/h4-5,8-10,13,15H,6-7H2,1-3H3,(H,16,17)/b5-4-,14-12?. The molecule has 2 N–H and O–H groups in total. The van der Waals surface area contributed by atoms with Gasteiger partial charge in [-0.25, -0.2) is 0 Å². The highest BCUT2D eigenvalue weighted by atomic mass is 15.3. The lowest BCUT2D eigenvalue weighted by atomic mass is 9.99. The molecule has 1 fully saturated rings. The molecule has 5 heteroatoms. The molecule has 18 heavy (non-hydrogen) atoms. The van der Waals surface area contributed by atoms with Gasteiger partial charge in [-0.15, -0.1) is 0 Å².